The summed E-state index contributed by atoms with van der Waals surface area (Å²) in [6.07, 6.45) is 0.945. The molecule has 0 bridgehead atoms. The minimum atomic E-state index is -3.68. The zero-order valence-corrected chi connectivity index (χ0v) is 17.2. The van der Waals surface area contributed by atoms with Gasteiger partial charge < -0.3 is 14.2 Å². The number of rotatable bonds is 6. The van der Waals surface area contributed by atoms with Gasteiger partial charge in [0.05, 0.1) is 0 Å². The van der Waals surface area contributed by atoms with Crippen LogP contribution in [0.4, 0.5) is 0 Å². The number of aromatic nitrogens is 1. The average Bonchev–Trinajstić information content (AvgIpc) is 3.05. The fraction of sp³-hybridized carbons (Fsp3) is 0.474. The molecule has 0 N–H and O–H groups in total. The van der Waals surface area contributed by atoms with E-state index in [1.54, 1.807) is 18.7 Å². The molecular weight excluding hydrogens is 382 g/mol. The molecule has 1 aromatic heterocycles. The summed E-state index contributed by atoms with van der Waals surface area (Å²) in [5.41, 5.74) is 1.55. The van der Waals surface area contributed by atoms with Crippen LogP contribution in [0, 0.1) is 13.8 Å². The van der Waals surface area contributed by atoms with Crippen molar-refractivity contribution in [3.05, 3.63) is 41.3 Å². The topological polar surface area (TPSA) is 93.0 Å². The molecule has 152 valence electrons. The van der Waals surface area contributed by atoms with E-state index in [0.29, 0.717) is 24.5 Å². The smallest absolute Gasteiger partial charge is 0.260 e. The molecule has 1 aliphatic rings. The SMILES string of the molecule is CCc1ccc(OCC(=O)N2CCN(S(=O)(=O)c3c(C)noc3C)CC2)cc1. The van der Waals surface area contributed by atoms with Gasteiger partial charge in [0.2, 0.25) is 10.0 Å². The van der Waals surface area contributed by atoms with Crippen LogP contribution in [0.2, 0.25) is 0 Å². The Kier molecular flexibility index (Phi) is 6.04. The highest BCUT2D eigenvalue weighted by Crippen LogP contribution is 2.24. The molecule has 1 aliphatic heterocycles. The summed E-state index contributed by atoms with van der Waals surface area (Å²) in [6, 6.07) is 7.64. The number of aryl methyl sites for hydroxylation is 3. The molecule has 1 saturated heterocycles. The van der Waals surface area contributed by atoms with Gasteiger partial charge >= 0.3 is 0 Å². The van der Waals surface area contributed by atoms with Crippen molar-refractivity contribution in [2.45, 2.75) is 32.1 Å². The van der Waals surface area contributed by atoms with Crippen molar-refractivity contribution in [3.63, 3.8) is 0 Å². The molecule has 0 aliphatic carbocycles. The fourth-order valence-corrected chi connectivity index (χ4v) is 4.92. The van der Waals surface area contributed by atoms with Gasteiger partial charge in [-0.05, 0) is 38.0 Å². The normalized spacial score (nSPS) is 15.6. The highest BCUT2D eigenvalue weighted by Gasteiger charge is 2.34. The standard InChI is InChI=1S/C19H25N3O5S/c1-4-16-5-7-17(8-6-16)26-13-18(23)21-9-11-22(12-10-21)28(24,25)19-14(2)20-27-15(19)3/h5-8H,4,9-13H2,1-3H3. The second-order valence-electron chi connectivity index (χ2n) is 6.72. The van der Waals surface area contributed by atoms with E-state index in [9.17, 15) is 13.2 Å². The lowest BCUT2D eigenvalue weighted by atomic mass is 10.2. The van der Waals surface area contributed by atoms with Crippen molar-refractivity contribution in [1.29, 1.82) is 0 Å². The van der Waals surface area contributed by atoms with Gasteiger partial charge in [-0.15, -0.1) is 0 Å². The van der Waals surface area contributed by atoms with Gasteiger partial charge in [0.1, 0.15) is 16.3 Å². The van der Waals surface area contributed by atoms with Crippen molar-refractivity contribution in [1.82, 2.24) is 14.4 Å². The van der Waals surface area contributed by atoms with Gasteiger partial charge in [-0.1, -0.05) is 24.2 Å². The highest BCUT2D eigenvalue weighted by molar-refractivity contribution is 7.89. The summed E-state index contributed by atoms with van der Waals surface area (Å²) in [6.45, 7) is 6.28. The van der Waals surface area contributed by atoms with E-state index in [1.807, 2.05) is 24.3 Å². The molecule has 0 atom stereocenters. The van der Waals surface area contributed by atoms with E-state index < -0.39 is 10.0 Å². The predicted octanol–water partition coefficient (Wildman–Crippen LogP) is 1.77. The van der Waals surface area contributed by atoms with Crippen LogP contribution in [-0.2, 0) is 21.2 Å². The zero-order valence-electron chi connectivity index (χ0n) is 16.3. The molecule has 9 heteroatoms. The second-order valence-corrected chi connectivity index (χ2v) is 8.60. The van der Waals surface area contributed by atoms with Crippen molar-refractivity contribution < 1.29 is 22.5 Å². The first-order valence-electron chi connectivity index (χ1n) is 9.25. The van der Waals surface area contributed by atoms with Crippen LogP contribution in [0.25, 0.3) is 0 Å². The zero-order chi connectivity index (χ0) is 20.3. The van der Waals surface area contributed by atoms with Crippen LogP contribution in [0.3, 0.4) is 0 Å². The summed E-state index contributed by atoms with van der Waals surface area (Å²) in [5, 5.41) is 3.72. The van der Waals surface area contributed by atoms with Gasteiger partial charge in [0.15, 0.2) is 12.4 Å². The summed E-state index contributed by atoms with van der Waals surface area (Å²) in [7, 11) is -3.68. The third-order valence-electron chi connectivity index (χ3n) is 4.85. The summed E-state index contributed by atoms with van der Waals surface area (Å²) >= 11 is 0. The molecule has 0 spiro atoms. The molecule has 0 radical (unpaired) electrons. The van der Waals surface area contributed by atoms with Crippen LogP contribution in [0.15, 0.2) is 33.7 Å². The van der Waals surface area contributed by atoms with Crippen molar-refractivity contribution in [2.75, 3.05) is 32.8 Å². The quantitative estimate of drug-likeness (QED) is 0.725. The van der Waals surface area contributed by atoms with Gasteiger partial charge in [0, 0.05) is 26.2 Å². The first-order chi connectivity index (χ1) is 13.3. The number of sulfonamides is 1. The number of nitrogens with zero attached hydrogens (tertiary/aromatic N) is 3. The number of carbonyl (C=O) groups excluding carboxylic acids is 1. The Labute approximate surface area is 165 Å². The Morgan fingerprint density at radius 2 is 1.79 bits per heavy atom. The first-order valence-corrected chi connectivity index (χ1v) is 10.7. The Balaban J connectivity index is 1.55. The molecule has 1 amide bonds. The van der Waals surface area contributed by atoms with Crippen LogP contribution < -0.4 is 4.74 Å². The second kappa shape index (κ2) is 8.32. The highest BCUT2D eigenvalue weighted by atomic mass is 32.2. The maximum atomic E-state index is 12.8. The van der Waals surface area contributed by atoms with E-state index in [-0.39, 0.29) is 36.3 Å². The van der Waals surface area contributed by atoms with Gasteiger partial charge in [-0.25, -0.2) is 8.42 Å². The third kappa shape index (κ3) is 4.20. The van der Waals surface area contributed by atoms with E-state index in [1.165, 1.54) is 9.87 Å². The number of amides is 1. The van der Waals surface area contributed by atoms with Crippen molar-refractivity contribution >= 4 is 15.9 Å². The molecule has 0 unspecified atom stereocenters. The first kappa shape index (κ1) is 20.3. The largest absolute Gasteiger partial charge is 0.484 e. The minimum absolute atomic E-state index is 0.0674. The summed E-state index contributed by atoms with van der Waals surface area (Å²) in [5.74, 6) is 0.762. The van der Waals surface area contributed by atoms with E-state index in [4.69, 9.17) is 9.26 Å². The Morgan fingerprint density at radius 3 is 2.32 bits per heavy atom. The number of ether oxygens (including phenoxy) is 1. The number of carbonyl (C=O) groups is 1. The van der Waals surface area contributed by atoms with Crippen molar-refractivity contribution in [3.8, 4) is 5.75 Å². The van der Waals surface area contributed by atoms with Crippen molar-refractivity contribution in [2.24, 2.45) is 0 Å². The third-order valence-corrected chi connectivity index (χ3v) is 6.99. The van der Waals surface area contributed by atoms with E-state index in [2.05, 4.69) is 12.1 Å². The number of benzene rings is 1. The average molecular weight is 407 g/mol. The lowest BCUT2D eigenvalue weighted by Crippen LogP contribution is -2.51. The van der Waals surface area contributed by atoms with Crippen LogP contribution in [-0.4, -0.2) is 61.5 Å². The molecule has 28 heavy (non-hydrogen) atoms. The molecule has 8 nitrogen and oxygen atoms in total. The Bertz CT molecular complexity index is 909. The Hall–Kier alpha value is -2.39. The molecule has 1 fully saturated rings. The van der Waals surface area contributed by atoms with Crippen LogP contribution >= 0.6 is 0 Å². The maximum Gasteiger partial charge on any atom is 0.260 e. The van der Waals surface area contributed by atoms with E-state index in [0.717, 1.165) is 6.42 Å². The lowest BCUT2D eigenvalue weighted by Gasteiger charge is -2.33. The van der Waals surface area contributed by atoms with Gasteiger partial charge in [-0.3, -0.25) is 4.79 Å². The van der Waals surface area contributed by atoms with Gasteiger partial charge in [0.25, 0.3) is 5.91 Å². The summed E-state index contributed by atoms with van der Waals surface area (Å²) < 4.78 is 37.6. The molecule has 2 aromatic rings. The fourth-order valence-electron chi connectivity index (χ4n) is 3.21. The Morgan fingerprint density at radius 1 is 1.14 bits per heavy atom. The molecule has 3 rings (SSSR count). The maximum absolute atomic E-state index is 12.8. The molecule has 1 aromatic carbocycles. The number of hydrogen-bond acceptors (Lipinski definition) is 6. The molecule has 0 saturated carbocycles. The van der Waals surface area contributed by atoms with Crippen LogP contribution in [0.1, 0.15) is 23.9 Å². The minimum Gasteiger partial charge on any atom is -0.484 e. The molecule has 2 heterocycles. The van der Waals surface area contributed by atoms with Crippen LogP contribution in [0.5, 0.6) is 5.75 Å². The van der Waals surface area contributed by atoms with E-state index >= 15 is 0 Å². The number of hydrogen-bond donors (Lipinski definition) is 0. The summed E-state index contributed by atoms with van der Waals surface area (Å²) in [4.78, 5) is 14.1. The van der Waals surface area contributed by atoms with Gasteiger partial charge in [-0.2, -0.15) is 4.31 Å². The molecular formula is C19H25N3O5S. The predicted molar refractivity (Wildman–Crippen MR) is 103 cm³/mol. The number of piperazine rings is 1. The lowest BCUT2D eigenvalue weighted by molar-refractivity contribution is -0.134. The monoisotopic (exact) mass is 407 g/mol.